The molecule has 20 heavy (non-hydrogen) atoms. The van der Waals surface area contributed by atoms with Gasteiger partial charge in [0.15, 0.2) is 0 Å². The van der Waals surface area contributed by atoms with Gasteiger partial charge in [0, 0.05) is 12.5 Å². The van der Waals surface area contributed by atoms with Crippen LogP contribution in [0, 0.1) is 0 Å². The monoisotopic (exact) mass is 292 g/mol. The second-order valence-electron chi connectivity index (χ2n) is 4.19. The molecule has 104 valence electrons. The number of ether oxygens (including phenoxy) is 1. The Hall–Kier alpha value is -2.20. The first-order chi connectivity index (χ1) is 9.58. The number of phenolic OH excluding ortho intramolecular Hbond substituents is 2. The number of carbonyl (C=O) groups excluding carboxylic acids is 1. The van der Waals surface area contributed by atoms with Gasteiger partial charge in [-0.05, 0) is 11.6 Å². The van der Waals surface area contributed by atoms with Crippen LogP contribution < -0.4 is 0 Å². The number of halogens is 1. The molecule has 0 saturated heterocycles. The first-order valence-electron chi connectivity index (χ1n) is 6.00. The molecule has 0 bridgehead atoms. The number of hydrogen-bond acceptors (Lipinski definition) is 4. The van der Waals surface area contributed by atoms with E-state index in [9.17, 15) is 15.0 Å². The summed E-state index contributed by atoms with van der Waals surface area (Å²) in [6.45, 7) is 0.195. The van der Waals surface area contributed by atoms with Crippen LogP contribution in [0.2, 0.25) is 5.02 Å². The van der Waals surface area contributed by atoms with Crippen LogP contribution in [0.4, 0.5) is 0 Å². The Morgan fingerprint density at radius 2 is 1.80 bits per heavy atom. The standard InChI is InChI=1S/C15H13ClO4/c16-12-8-11(13(17)9-14(12)18)15(19)20-7-6-10-4-2-1-3-5-10/h1-5,8-9,17-18H,6-7H2. The summed E-state index contributed by atoms with van der Waals surface area (Å²) >= 11 is 5.69. The molecule has 0 saturated carbocycles. The summed E-state index contributed by atoms with van der Waals surface area (Å²) < 4.78 is 5.07. The third kappa shape index (κ3) is 3.42. The van der Waals surface area contributed by atoms with Crippen molar-refractivity contribution < 1.29 is 19.7 Å². The smallest absolute Gasteiger partial charge is 0.341 e. The summed E-state index contributed by atoms with van der Waals surface area (Å²) in [6.07, 6.45) is 0.582. The first kappa shape index (κ1) is 14.2. The van der Waals surface area contributed by atoms with Gasteiger partial charge in [-0.15, -0.1) is 0 Å². The number of hydrogen-bond donors (Lipinski definition) is 2. The number of benzene rings is 2. The molecule has 0 radical (unpaired) electrons. The predicted molar refractivity (Wildman–Crippen MR) is 75.2 cm³/mol. The number of phenols is 2. The van der Waals surface area contributed by atoms with Crippen LogP contribution in [-0.2, 0) is 11.2 Å². The zero-order valence-electron chi connectivity index (χ0n) is 10.5. The molecule has 2 aromatic rings. The average molecular weight is 293 g/mol. The van der Waals surface area contributed by atoms with E-state index in [1.807, 2.05) is 30.3 Å². The SMILES string of the molecule is O=C(OCCc1ccccc1)c1cc(Cl)c(O)cc1O. The van der Waals surface area contributed by atoms with E-state index in [0.29, 0.717) is 6.42 Å². The van der Waals surface area contributed by atoms with Crippen molar-refractivity contribution in [2.24, 2.45) is 0 Å². The average Bonchev–Trinajstić information content (AvgIpc) is 2.44. The van der Waals surface area contributed by atoms with Crippen LogP contribution >= 0.6 is 11.6 Å². The Labute approximate surface area is 121 Å². The second kappa shape index (κ2) is 6.30. The van der Waals surface area contributed by atoms with Gasteiger partial charge in [0.05, 0.1) is 11.6 Å². The van der Waals surface area contributed by atoms with Crippen molar-refractivity contribution in [2.75, 3.05) is 6.61 Å². The quantitative estimate of drug-likeness (QED) is 0.850. The molecule has 0 spiro atoms. The second-order valence-corrected chi connectivity index (χ2v) is 4.60. The summed E-state index contributed by atoms with van der Waals surface area (Å²) in [5.74, 6) is -1.33. The van der Waals surface area contributed by atoms with E-state index >= 15 is 0 Å². The first-order valence-corrected chi connectivity index (χ1v) is 6.38. The fourth-order valence-electron chi connectivity index (χ4n) is 1.70. The lowest BCUT2D eigenvalue weighted by Gasteiger charge is -2.07. The van der Waals surface area contributed by atoms with Crippen molar-refractivity contribution in [2.45, 2.75) is 6.42 Å². The summed E-state index contributed by atoms with van der Waals surface area (Å²) in [5.41, 5.74) is 0.981. The van der Waals surface area contributed by atoms with Gasteiger partial charge in [-0.3, -0.25) is 0 Å². The normalized spacial score (nSPS) is 10.2. The molecule has 0 fully saturated rings. The Morgan fingerprint density at radius 3 is 2.50 bits per heavy atom. The highest BCUT2D eigenvalue weighted by atomic mass is 35.5. The Balaban J connectivity index is 1.97. The molecule has 0 aromatic heterocycles. The fourth-order valence-corrected chi connectivity index (χ4v) is 1.86. The Bertz CT molecular complexity index is 611. The van der Waals surface area contributed by atoms with Crippen LogP contribution in [0.25, 0.3) is 0 Å². The van der Waals surface area contributed by atoms with Gasteiger partial charge in [-0.2, -0.15) is 0 Å². The van der Waals surface area contributed by atoms with Gasteiger partial charge >= 0.3 is 5.97 Å². The summed E-state index contributed by atoms with van der Waals surface area (Å²) in [7, 11) is 0. The van der Waals surface area contributed by atoms with Crippen molar-refractivity contribution in [3.63, 3.8) is 0 Å². The zero-order valence-corrected chi connectivity index (χ0v) is 11.3. The predicted octanol–water partition coefficient (Wildman–Crippen LogP) is 3.15. The molecule has 0 unspecified atom stereocenters. The minimum absolute atomic E-state index is 0.0159. The van der Waals surface area contributed by atoms with Gasteiger partial charge in [-0.25, -0.2) is 4.79 Å². The molecule has 0 aliphatic carbocycles. The van der Waals surface area contributed by atoms with Crippen molar-refractivity contribution >= 4 is 17.6 Å². The molecule has 0 heterocycles. The lowest BCUT2D eigenvalue weighted by molar-refractivity contribution is 0.0506. The molecule has 0 aliphatic heterocycles. The maximum atomic E-state index is 11.8. The van der Waals surface area contributed by atoms with E-state index in [4.69, 9.17) is 16.3 Å². The van der Waals surface area contributed by atoms with Crippen LogP contribution in [0.5, 0.6) is 11.5 Å². The molecule has 2 rings (SSSR count). The summed E-state index contributed by atoms with van der Waals surface area (Å²) in [6, 6.07) is 11.8. The van der Waals surface area contributed by atoms with E-state index in [-0.39, 0.29) is 28.7 Å². The molecule has 0 amide bonds. The van der Waals surface area contributed by atoms with Crippen molar-refractivity contribution in [3.8, 4) is 11.5 Å². The van der Waals surface area contributed by atoms with Gasteiger partial charge in [0.1, 0.15) is 17.1 Å². The molecule has 5 heteroatoms. The topological polar surface area (TPSA) is 66.8 Å². The van der Waals surface area contributed by atoms with Gasteiger partial charge in [-0.1, -0.05) is 41.9 Å². The number of esters is 1. The largest absolute Gasteiger partial charge is 0.507 e. The highest BCUT2D eigenvalue weighted by molar-refractivity contribution is 6.32. The molecular formula is C15H13ClO4. The highest BCUT2D eigenvalue weighted by Gasteiger charge is 2.15. The third-order valence-corrected chi connectivity index (χ3v) is 3.05. The van der Waals surface area contributed by atoms with Crippen molar-refractivity contribution in [1.82, 2.24) is 0 Å². The molecule has 0 atom stereocenters. The lowest BCUT2D eigenvalue weighted by atomic mass is 10.1. The zero-order chi connectivity index (χ0) is 14.5. The molecule has 0 aliphatic rings. The van der Waals surface area contributed by atoms with Gasteiger partial charge < -0.3 is 14.9 Å². The number of carbonyl (C=O) groups is 1. The molecule has 2 N–H and O–H groups in total. The summed E-state index contributed by atoms with van der Waals surface area (Å²) in [4.78, 5) is 11.8. The molecule has 4 nitrogen and oxygen atoms in total. The van der Waals surface area contributed by atoms with Crippen LogP contribution in [0.1, 0.15) is 15.9 Å². The Morgan fingerprint density at radius 1 is 1.10 bits per heavy atom. The van der Waals surface area contributed by atoms with Crippen LogP contribution in [-0.4, -0.2) is 22.8 Å². The Kier molecular flexibility index (Phi) is 4.48. The molecule has 2 aromatic carbocycles. The minimum atomic E-state index is -0.680. The van der Waals surface area contributed by atoms with Gasteiger partial charge in [0.2, 0.25) is 0 Å². The maximum absolute atomic E-state index is 11.8. The van der Waals surface area contributed by atoms with Gasteiger partial charge in [0.25, 0.3) is 0 Å². The number of aromatic hydroxyl groups is 2. The van der Waals surface area contributed by atoms with E-state index in [2.05, 4.69) is 0 Å². The lowest BCUT2D eigenvalue weighted by Crippen LogP contribution is -2.08. The maximum Gasteiger partial charge on any atom is 0.341 e. The van der Waals surface area contributed by atoms with Crippen molar-refractivity contribution in [3.05, 3.63) is 58.6 Å². The highest BCUT2D eigenvalue weighted by Crippen LogP contribution is 2.31. The van der Waals surface area contributed by atoms with E-state index in [0.717, 1.165) is 11.6 Å². The minimum Gasteiger partial charge on any atom is -0.507 e. The fraction of sp³-hybridized carbons (Fsp3) is 0.133. The van der Waals surface area contributed by atoms with E-state index in [1.54, 1.807) is 0 Å². The summed E-state index contributed by atoms with van der Waals surface area (Å²) in [5, 5.41) is 18.9. The third-order valence-electron chi connectivity index (χ3n) is 2.75. The molecular weight excluding hydrogens is 280 g/mol. The van der Waals surface area contributed by atoms with E-state index in [1.165, 1.54) is 6.07 Å². The number of rotatable bonds is 4. The van der Waals surface area contributed by atoms with Crippen molar-refractivity contribution in [1.29, 1.82) is 0 Å². The van der Waals surface area contributed by atoms with E-state index < -0.39 is 5.97 Å². The van der Waals surface area contributed by atoms with Crippen LogP contribution in [0.3, 0.4) is 0 Å². The van der Waals surface area contributed by atoms with Crippen LogP contribution in [0.15, 0.2) is 42.5 Å².